The summed E-state index contributed by atoms with van der Waals surface area (Å²) in [4.78, 5) is 0. The lowest BCUT2D eigenvalue weighted by Crippen LogP contribution is -2.07. The Kier molecular flexibility index (Phi) is 4.40. The summed E-state index contributed by atoms with van der Waals surface area (Å²) in [5.74, 6) is 0.992. The average molecular weight is 296 g/mol. The zero-order valence-corrected chi connectivity index (χ0v) is 11.7. The number of hydrogen-bond acceptors (Lipinski definition) is 2. The van der Waals surface area contributed by atoms with Crippen molar-refractivity contribution in [1.82, 2.24) is 0 Å². The maximum atomic E-state index is 12.4. The third-order valence-corrected chi connectivity index (χ3v) is 2.83. The van der Waals surface area contributed by atoms with Crippen molar-refractivity contribution in [3.05, 3.63) is 59.2 Å². The van der Waals surface area contributed by atoms with Gasteiger partial charge in [-0.15, -0.1) is 0 Å². The Morgan fingerprint density at radius 1 is 0.810 bits per heavy atom. The zero-order chi connectivity index (χ0) is 15.5. The van der Waals surface area contributed by atoms with E-state index in [-0.39, 0.29) is 6.79 Å². The largest absolute Gasteiger partial charge is 0.458 e. The molecule has 0 spiro atoms. The molecule has 2 aromatic carbocycles. The van der Waals surface area contributed by atoms with E-state index in [1.807, 2.05) is 32.0 Å². The Morgan fingerprint density at radius 3 is 1.86 bits per heavy atom. The van der Waals surface area contributed by atoms with Gasteiger partial charge in [-0.3, -0.25) is 0 Å². The molecule has 0 unspecified atom stereocenters. The van der Waals surface area contributed by atoms with Crippen LogP contribution in [0.25, 0.3) is 0 Å². The quantitative estimate of drug-likeness (QED) is 0.759. The van der Waals surface area contributed by atoms with Crippen molar-refractivity contribution < 1.29 is 22.6 Å². The Hall–Kier alpha value is -2.17. The number of halogens is 3. The van der Waals surface area contributed by atoms with E-state index >= 15 is 0 Å². The first-order chi connectivity index (χ1) is 9.84. The molecule has 2 nitrogen and oxygen atoms in total. The summed E-state index contributed by atoms with van der Waals surface area (Å²) in [6.07, 6.45) is -4.34. The van der Waals surface area contributed by atoms with Crippen molar-refractivity contribution in [2.45, 2.75) is 20.0 Å². The van der Waals surface area contributed by atoms with Crippen LogP contribution >= 0.6 is 0 Å². The molecule has 0 bridgehead atoms. The van der Waals surface area contributed by atoms with Gasteiger partial charge in [-0.05, 0) is 61.4 Å². The molecular weight excluding hydrogens is 281 g/mol. The first-order valence-electron chi connectivity index (χ1n) is 6.36. The molecule has 0 aliphatic heterocycles. The number of rotatable bonds is 4. The van der Waals surface area contributed by atoms with E-state index < -0.39 is 11.7 Å². The van der Waals surface area contributed by atoms with Gasteiger partial charge in [0.25, 0.3) is 0 Å². The van der Waals surface area contributed by atoms with Crippen molar-refractivity contribution in [1.29, 1.82) is 0 Å². The lowest BCUT2D eigenvalue weighted by atomic mass is 10.1. The van der Waals surface area contributed by atoms with Crippen LogP contribution in [0.3, 0.4) is 0 Å². The molecule has 0 fully saturated rings. The highest BCUT2D eigenvalue weighted by molar-refractivity contribution is 5.33. The van der Waals surface area contributed by atoms with E-state index in [2.05, 4.69) is 0 Å². The number of hydrogen-bond donors (Lipinski definition) is 0. The van der Waals surface area contributed by atoms with Crippen LogP contribution in [0.2, 0.25) is 0 Å². The van der Waals surface area contributed by atoms with E-state index in [9.17, 15) is 13.2 Å². The predicted octanol–water partition coefficient (Wildman–Crippen LogP) is 4.74. The molecule has 0 aliphatic carbocycles. The standard InChI is InChI=1S/C16H15F3O2/c1-11-7-12(2)9-15(8-11)21-10-20-14-5-3-13(4-6-14)16(17,18)19/h3-9H,10H2,1-2H3. The fourth-order valence-corrected chi connectivity index (χ4v) is 1.92. The minimum atomic E-state index is -4.34. The highest BCUT2D eigenvalue weighted by Crippen LogP contribution is 2.30. The fourth-order valence-electron chi connectivity index (χ4n) is 1.92. The third-order valence-electron chi connectivity index (χ3n) is 2.83. The molecule has 0 saturated carbocycles. The Balaban J connectivity index is 1.91. The summed E-state index contributed by atoms with van der Waals surface area (Å²) >= 11 is 0. The smallest absolute Gasteiger partial charge is 0.416 e. The lowest BCUT2D eigenvalue weighted by Gasteiger charge is -2.11. The van der Waals surface area contributed by atoms with E-state index in [4.69, 9.17) is 9.47 Å². The van der Waals surface area contributed by atoms with Gasteiger partial charge in [-0.25, -0.2) is 0 Å². The van der Waals surface area contributed by atoms with Gasteiger partial charge in [0.1, 0.15) is 11.5 Å². The molecule has 21 heavy (non-hydrogen) atoms. The molecule has 112 valence electrons. The molecule has 0 aromatic heterocycles. The van der Waals surface area contributed by atoms with Crippen LogP contribution < -0.4 is 9.47 Å². The average Bonchev–Trinajstić information content (AvgIpc) is 2.37. The summed E-state index contributed by atoms with van der Waals surface area (Å²) in [6, 6.07) is 10.2. The van der Waals surface area contributed by atoms with E-state index in [1.54, 1.807) is 0 Å². The molecule has 0 radical (unpaired) electrons. The van der Waals surface area contributed by atoms with E-state index in [1.165, 1.54) is 12.1 Å². The zero-order valence-electron chi connectivity index (χ0n) is 11.7. The second-order valence-electron chi connectivity index (χ2n) is 4.75. The molecule has 0 aliphatic rings. The van der Waals surface area contributed by atoms with Crippen LogP contribution in [0.5, 0.6) is 11.5 Å². The van der Waals surface area contributed by atoms with Gasteiger partial charge in [0.2, 0.25) is 6.79 Å². The van der Waals surface area contributed by atoms with Gasteiger partial charge in [-0.2, -0.15) is 13.2 Å². The summed E-state index contributed by atoms with van der Waals surface area (Å²) in [7, 11) is 0. The van der Waals surface area contributed by atoms with E-state index in [0.29, 0.717) is 11.5 Å². The van der Waals surface area contributed by atoms with Crippen LogP contribution in [-0.2, 0) is 6.18 Å². The molecule has 0 atom stereocenters. The van der Waals surface area contributed by atoms with Crippen LogP contribution in [0.4, 0.5) is 13.2 Å². The van der Waals surface area contributed by atoms with Crippen molar-refractivity contribution in [2.24, 2.45) is 0 Å². The molecule has 0 saturated heterocycles. The normalized spacial score (nSPS) is 11.3. The van der Waals surface area contributed by atoms with Gasteiger partial charge in [0.15, 0.2) is 0 Å². The predicted molar refractivity (Wildman–Crippen MR) is 73.5 cm³/mol. The van der Waals surface area contributed by atoms with Gasteiger partial charge in [0, 0.05) is 0 Å². The van der Waals surface area contributed by atoms with Crippen LogP contribution in [-0.4, -0.2) is 6.79 Å². The molecule has 0 amide bonds. The third kappa shape index (κ3) is 4.41. The monoisotopic (exact) mass is 296 g/mol. The van der Waals surface area contributed by atoms with Crippen molar-refractivity contribution >= 4 is 0 Å². The second-order valence-corrected chi connectivity index (χ2v) is 4.75. The van der Waals surface area contributed by atoms with E-state index in [0.717, 1.165) is 23.3 Å². The molecule has 0 heterocycles. The summed E-state index contributed by atoms with van der Waals surface area (Å²) in [5, 5.41) is 0. The SMILES string of the molecule is Cc1cc(C)cc(OCOc2ccc(C(F)(F)F)cc2)c1. The lowest BCUT2D eigenvalue weighted by molar-refractivity contribution is -0.137. The highest BCUT2D eigenvalue weighted by atomic mass is 19.4. The van der Waals surface area contributed by atoms with Crippen LogP contribution in [0, 0.1) is 13.8 Å². The topological polar surface area (TPSA) is 18.5 Å². The molecule has 2 rings (SSSR count). The Morgan fingerprint density at radius 2 is 1.33 bits per heavy atom. The highest BCUT2D eigenvalue weighted by Gasteiger charge is 2.29. The minimum Gasteiger partial charge on any atom is -0.458 e. The van der Waals surface area contributed by atoms with Gasteiger partial charge >= 0.3 is 6.18 Å². The molecule has 2 aromatic rings. The number of benzene rings is 2. The Labute approximate surface area is 121 Å². The van der Waals surface area contributed by atoms with Crippen LogP contribution in [0.15, 0.2) is 42.5 Å². The fraction of sp³-hybridized carbons (Fsp3) is 0.250. The van der Waals surface area contributed by atoms with Crippen molar-refractivity contribution in [2.75, 3.05) is 6.79 Å². The second kappa shape index (κ2) is 6.08. The maximum absolute atomic E-state index is 12.4. The van der Waals surface area contributed by atoms with Gasteiger partial charge < -0.3 is 9.47 Å². The van der Waals surface area contributed by atoms with Crippen molar-refractivity contribution in [3.63, 3.8) is 0 Å². The first-order valence-corrected chi connectivity index (χ1v) is 6.36. The Bertz CT molecular complexity index is 584. The number of ether oxygens (including phenoxy) is 2. The van der Waals surface area contributed by atoms with Crippen molar-refractivity contribution in [3.8, 4) is 11.5 Å². The minimum absolute atomic E-state index is 0.0613. The molecule has 0 N–H and O–H groups in total. The summed E-state index contributed by atoms with van der Waals surface area (Å²) in [5.41, 5.74) is 1.43. The van der Waals surface area contributed by atoms with Gasteiger partial charge in [0.05, 0.1) is 5.56 Å². The van der Waals surface area contributed by atoms with Crippen LogP contribution in [0.1, 0.15) is 16.7 Å². The first kappa shape index (κ1) is 15.2. The van der Waals surface area contributed by atoms with Gasteiger partial charge in [-0.1, -0.05) is 6.07 Å². The summed E-state index contributed by atoms with van der Waals surface area (Å²) in [6.45, 7) is 3.85. The molecule has 5 heteroatoms. The summed E-state index contributed by atoms with van der Waals surface area (Å²) < 4.78 is 47.9. The molecular formula is C16H15F3O2. The number of aryl methyl sites for hydroxylation is 2. The number of alkyl halides is 3. The maximum Gasteiger partial charge on any atom is 0.416 e.